The van der Waals surface area contributed by atoms with Crippen LogP contribution in [0.1, 0.15) is 33.0 Å². The number of pyridine rings is 1. The Hall–Kier alpha value is -3.05. The number of allylic oxidation sites excluding steroid dienone is 1. The number of hydrogen-bond donors (Lipinski definition) is 0. The smallest absolute Gasteiger partial charge is 0.448 e. The van der Waals surface area contributed by atoms with Crippen LogP contribution in [-0.4, -0.2) is 35.1 Å². The molecule has 0 spiro atoms. The molecule has 1 aliphatic heterocycles. The van der Waals surface area contributed by atoms with E-state index in [0.717, 1.165) is 17.2 Å². The summed E-state index contributed by atoms with van der Waals surface area (Å²) in [6, 6.07) is 6.07. The molecule has 1 aromatic carbocycles. The fourth-order valence-electron chi connectivity index (χ4n) is 2.93. The van der Waals surface area contributed by atoms with E-state index in [2.05, 4.69) is 11.6 Å². The normalized spacial score (nSPS) is 14.1. The Morgan fingerprint density at radius 2 is 2.07 bits per heavy atom. The predicted octanol–water partition coefficient (Wildman–Crippen LogP) is 4.61. The van der Waals surface area contributed by atoms with Crippen LogP contribution in [0.5, 0.6) is 5.75 Å². The molecule has 1 fully saturated rings. The Kier molecular flexibility index (Phi) is 5.53. The number of alkyl halides is 3. The molecule has 1 amide bonds. The molecule has 0 saturated carbocycles. The van der Waals surface area contributed by atoms with Gasteiger partial charge in [0.05, 0.1) is 10.6 Å². The number of benzene rings is 1. The summed E-state index contributed by atoms with van der Waals surface area (Å²) in [5.74, 6) is -2.45. The molecule has 0 N–H and O–H groups in total. The molecule has 1 aromatic heterocycles. The molecular weight excluding hydrogens is 407 g/mol. The van der Waals surface area contributed by atoms with E-state index in [9.17, 15) is 18.0 Å². The SMILES string of the molecule is C=C(Oc1ccc(C#N)c(Cl)c1C(=O)N1CC(c2cncc(C)c2)C1)C(F)(F)F. The zero-order valence-corrected chi connectivity index (χ0v) is 16.0. The number of nitriles is 1. The van der Waals surface area contributed by atoms with Crippen LogP contribution in [-0.2, 0) is 0 Å². The van der Waals surface area contributed by atoms with Crippen LogP contribution in [0.15, 0.2) is 42.9 Å². The maximum Gasteiger partial charge on any atom is 0.448 e. The maximum absolute atomic E-state index is 12.9. The first-order chi connectivity index (χ1) is 13.6. The van der Waals surface area contributed by atoms with Gasteiger partial charge in [0.15, 0.2) is 0 Å². The molecule has 0 bridgehead atoms. The number of carbonyl (C=O) groups is 1. The largest absolute Gasteiger partial charge is 0.452 e. The van der Waals surface area contributed by atoms with Crippen molar-refractivity contribution in [2.45, 2.75) is 19.0 Å². The van der Waals surface area contributed by atoms with Gasteiger partial charge in [-0.1, -0.05) is 24.2 Å². The van der Waals surface area contributed by atoms with Crippen molar-refractivity contribution >= 4 is 17.5 Å². The molecule has 29 heavy (non-hydrogen) atoms. The molecule has 0 atom stereocenters. The minimum atomic E-state index is -4.80. The second-order valence-corrected chi connectivity index (χ2v) is 7.02. The van der Waals surface area contributed by atoms with E-state index >= 15 is 0 Å². The Balaban J connectivity index is 1.86. The van der Waals surface area contributed by atoms with E-state index in [-0.39, 0.29) is 22.1 Å². The minimum absolute atomic E-state index is 0.0417. The van der Waals surface area contributed by atoms with Crippen LogP contribution in [0.2, 0.25) is 5.02 Å². The number of amides is 1. The highest BCUT2D eigenvalue weighted by molar-refractivity contribution is 6.35. The summed E-state index contributed by atoms with van der Waals surface area (Å²) in [7, 11) is 0. The predicted molar refractivity (Wildman–Crippen MR) is 99.6 cm³/mol. The van der Waals surface area contributed by atoms with Crippen LogP contribution in [0, 0.1) is 18.3 Å². The molecule has 0 unspecified atom stereocenters. The lowest BCUT2D eigenvalue weighted by molar-refractivity contribution is -0.115. The Bertz CT molecular complexity index is 1020. The lowest BCUT2D eigenvalue weighted by Crippen LogP contribution is -2.48. The molecule has 9 heteroatoms. The second-order valence-electron chi connectivity index (χ2n) is 6.64. The molecule has 150 valence electrons. The zero-order chi connectivity index (χ0) is 21.3. The van der Waals surface area contributed by atoms with Crippen LogP contribution < -0.4 is 4.74 Å². The van der Waals surface area contributed by atoms with E-state index in [0.29, 0.717) is 13.1 Å². The average Bonchev–Trinajstić information content (AvgIpc) is 2.60. The lowest BCUT2D eigenvalue weighted by Gasteiger charge is -2.40. The summed E-state index contributed by atoms with van der Waals surface area (Å²) < 4.78 is 43.2. The van der Waals surface area contributed by atoms with Crippen LogP contribution >= 0.6 is 11.6 Å². The molecule has 0 aliphatic carbocycles. The third kappa shape index (κ3) is 4.20. The van der Waals surface area contributed by atoms with Gasteiger partial charge >= 0.3 is 6.18 Å². The van der Waals surface area contributed by atoms with Gasteiger partial charge in [0.25, 0.3) is 5.91 Å². The summed E-state index contributed by atoms with van der Waals surface area (Å²) in [4.78, 5) is 18.5. The van der Waals surface area contributed by atoms with Gasteiger partial charge in [-0.25, -0.2) is 0 Å². The lowest BCUT2D eigenvalue weighted by atomic mass is 9.91. The minimum Gasteiger partial charge on any atom is -0.452 e. The number of ether oxygens (including phenoxy) is 1. The fourth-order valence-corrected chi connectivity index (χ4v) is 3.21. The van der Waals surface area contributed by atoms with Gasteiger partial charge in [-0.2, -0.15) is 18.4 Å². The quantitative estimate of drug-likeness (QED) is 0.676. The fraction of sp³-hybridized carbons (Fsp3) is 0.250. The van der Waals surface area contributed by atoms with Gasteiger partial charge in [-0.3, -0.25) is 9.78 Å². The molecule has 1 saturated heterocycles. The summed E-state index contributed by atoms with van der Waals surface area (Å²) in [5, 5.41) is 8.89. The van der Waals surface area contributed by atoms with Crippen molar-refractivity contribution in [1.29, 1.82) is 5.26 Å². The van der Waals surface area contributed by atoms with Gasteiger partial charge in [0.1, 0.15) is 17.4 Å². The van der Waals surface area contributed by atoms with Crippen molar-refractivity contribution in [3.8, 4) is 11.8 Å². The standard InChI is InChI=1S/C20H15ClF3N3O2/c1-11-5-14(8-26-7-11)15-9-27(10-15)19(28)17-16(29-12(2)20(22,23)24)4-3-13(6-25)18(17)21/h3-5,7-8,15H,2,9-10H2,1H3. The second kappa shape index (κ2) is 7.76. The number of aromatic nitrogens is 1. The van der Waals surface area contributed by atoms with E-state index in [1.807, 2.05) is 13.0 Å². The topological polar surface area (TPSA) is 66.2 Å². The molecule has 1 aliphatic rings. The third-order valence-corrected chi connectivity index (χ3v) is 4.92. The third-order valence-electron chi connectivity index (χ3n) is 4.52. The number of hydrogen-bond acceptors (Lipinski definition) is 4. The highest BCUT2D eigenvalue weighted by Crippen LogP contribution is 2.37. The number of likely N-dealkylation sites (tertiary alicyclic amines) is 1. The number of carbonyl (C=O) groups excluding carboxylic acids is 1. The van der Waals surface area contributed by atoms with Gasteiger partial charge in [0.2, 0.25) is 5.76 Å². The molecule has 5 nitrogen and oxygen atoms in total. The number of rotatable bonds is 4. The van der Waals surface area contributed by atoms with Crippen LogP contribution in [0.3, 0.4) is 0 Å². The average molecular weight is 422 g/mol. The zero-order valence-electron chi connectivity index (χ0n) is 15.3. The highest BCUT2D eigenvalue weighted by atomic mass is 35.5. The van der Waals surface area contributed by atoms with E-state index < -0.39 is 23.6 Å². The van der Waals surface area contributed by atoms with Crippen molar-refractivity contribution in [3.05, 3.63) is 70.2 Å². The maximum atomic E-state index is 12.9. The van der Waals surface area contributed by atoms with Gasteiger partial charge in [-0.05, 0) is 30.2 Å². The first-order valence-electron chi connectivity index (χ1n) is 8.49. The van der Waals surface area contributed by atoms with Crippen molar-refractivity contribution in [3.63, 3.8) is 0 Å². The summed E-state index contributed by atoms with van der Waals surface area (Å²) in [5.41, 5.74) is 1.61. The Morgan fingerprint density at radius 3 is 2.66 bits per heavy atom. The molecule has 2 heterocycles. The number of aryl methyl sites for hydroxylation is 1. The highest BCUT2D eigenvalue weighted by Gasteiger charge is 2.38. The van der Waals surface area contributed by atoms with Gasteiger partial charge in [0, 0.05) is 31.4 Å². The Labute approximate surface area is 170 Å². The van der Waals surface area contributed by atoms with Gasteiger partial charge < -0.3 is 9.64 Å². The van der Waals surface area contributed by atoms with Crippen molar-refractivity contribution < 1.29 is 22.7 Å². The van der Waals surface area contributed by atoms with E-state index in [1.165, 1.54) is 11.0 Å². The molecule has 0 radical (unpaired) electrons. The Morgan fingerprint density at radius 1 is 1.38 bits per heavy atom. The molecule has 3 rings (SSSR count). The molecule has 2 aromatic rings. The molecular formula is C20H15ClF3N3O2. The first-order valence-corrected chi connectivity index (χ1v) is 8.87. The van der Waals surface area contributed by atoms with Crippen molar-refractivity contribution in [2.75, 3.05) is 13.1 Å². The van der Waals surface area contributed by atoms with Crippen molar-refractivity contribution in [2.24, 2.45) is 0 Å². The number of nitrogens with zero attached hydrogens (tertiary/aromatic N) is 3. The van der Waals surface area contributed by atoms with Crippen molar-refractivity contribution in [1.82, 2.24) is 9.88 Å². The monoisotopic (exact) mass is 421 g/mol. The summed E-state index contributed by atoms with van der Waals surface area (Å²) >= 11 is 6.14. The first kappa shape index (κ1) is 20.7. The van der Waals surface area contributed by atoms with Crippen LogP contribution in [0.4, 0.5) is 13.2 Å². The van der Waals surface area contributed by atoms with E-state index in [1.54, 1.807) is 18.5 Å². The summed E-state index contributed by atoms with van der Waals surface area (Å²) in [6.07, 6.45) is -1.37. The number of halogens is 4. The summed E-state index contributed by atoms with van der Waals surface area (Å²) in [6.45, 7) is 5.44. The van der Waals surface area contributed by atoms with E-state index in [4.69, 9.17) is 21.6 Å². The van der Waals surface area contributed by atoms with Crippen LogP contribution in [0.25, 0.3) is 0 Å². The van der Waals surface area contributed by atoms with Gasteiger partial charge in [-0.15, -0.1) is 0 Å².